The van der Waals surface area contributed by atoms with Crippen molar-refractivity contribution in [3.05, 3.63) is 35.9 Å². The van der Waals surface area contributed by atoms with Gasteiger partial charge >= 0.3 is 48.4 Å². The number of carboxylic acid groups (broad SMARTS) is 2. The van der Waals surface area contributed by atoms with Crippen LogP contribution in [-0.4, -0.2) is 11.9 Å². The number of aliphatic carboxylic acids is 2. The first kappa shape index (κ1) is 20.1. The van der Waals surface area contributed by atoms with Crippen LogP contribution in [0.15, 0.2) is 30.3 Å². The molecule has 0 aromatic heterocycles. The third-order valence-electron chi connectivity index (χ3n) is 2.74. The third kappa shape index (κ3) is 3.40. The van der Waals surface area contributed by atoms with E-state index in [-0.39, 0.29) is 54.0 Å². The van der Waals surface area contributed by atoms with Crippen molar-refractivity contribution < 1.29 is 68.2 Å². The standard InChI is InChI=1S/C12H14O4.Li.Na/c1-8(2)12(10(13)14,11(15)16)9-6-4-3-5-7-9;;/h3-8H,1-2H3,(H,13,14)(H,15,16);;/q;2*+1/p-2. The molecule has 0 fully saturated rings. The van der Waals surface area contributed by atoms with Crippen molar-refractivity contribution in [2.24, 2.45) is 5.92 Å². The van der Waals surface area contributed by atoms with Gasteiger partial charge in [-0.1, -0.05) is 44.2 Å². The molecule has 6 heteroatoms. The fraction of sp³-hybridized carbons (Fsp3) is 0.333. The fourth-order valence-electron chi connectivity index (χ4n) is 1.82. The van der Waals surface area contributed by atoms with Crippen LogP contribution in [-0.2, 0) is 15.0 Å². The molecule has 4 nitrogen and oxygen atoms in total. The predicted octanol–water partition coefficient (Wildman–Crippen LogP) is -6.91. The number of carbonyl (C=O) groups excluding carboxylic acids is 2. The van der Waals surface area contributed by atoms with Crippen LogP contribution in [0, 0.1) is 5.92 Å². The minimum atomic E-state index is -2.10. The van der Waals surface area contributed by atoms with Gasteiger partial charge in [0.2, 0.25) is 0 Å². The van der Waals surface area contributed by atoms with E-state index in [4.69, 9.17) is 0 Å². The van der Waals surface area contributed by atoms with E-state index >= 15 is 0 Å². The van der Waals surface area contributed by atoms with Crippen molar-refractivity contribution in [3.8, 4) is 0 Å². The molecule has 0 aliphatic heterocycles. The Bertz CT molecular complexity index is 392. The van der Waals surface area contributed by atoms with E-state index in [0.717, 1.165) is 0 Å². The molecule has 0 heterocycles. The monoisotopic (exact) mass is 250 g/mol. The molecule has 0 saturated carbocycles. The van der Waals surface area contributed by atoms with Crippen molar-refractivity contribution in [2.75, 3.05) is 0 Å². The third-order valence-corrected chi connectivity index (χ3v) is 2.74. The summed E-state index contributed by atoms with van der Waals surface area (Å²) >= 11 is 0. The molecular formula is C12H12LiNaO4. The minimum absolute atomic E-state index is 0. The summed E-state index contributed by atoms with van der Waals surface area (Å²) in [6.07, 6.45) is 0. The van der Waals surface area contributed by atoms with Crippen molar-refractivity contribution >= 4 is 11.9 Å². The molecule has 0 radical (unpaired) electrons. The molecule has 0 unspecified atom stereocenters. The van der Waals surface area contributed by atoms with Crippen LogP contribution in [0.1, 0.15) is 19.4 Å². The summed E-state index contributed by atoms with van der Waals surface area (Å²) in [7, 11) is 0. The van der Waals surface area contributed by atoms with Crippen LogP contribution in [0.2, 0.25) is 0 Å². The summed E-state index contributed by atoms with van der Waals surface area (Å²) in [4.78, 5) is 22.3. The van der Waals surface area contributed by atoms with Crippen LogP contribution in [0.5, 0.6) is 0 Å². The maximum atomic E-state index is 11.2. The molecule has 18 heavy (non-hydrogen) atoms. The Morgan fingerprint density at radius 3 is 1.72 bits per heavy atom. The Labute approximate surface area is 140 Å². The first-order valence-electron chi connectivity index (χ1n) is 4.92. The van der Waals surface area contributed by atoms with E-state index in [1.165, 1.54) is 26.0 Å². The van der Waals surface area contributed by atoms with Gasteiger partial charge < -0.3 is 19.8 Å². The first-order valence-corrected chi connectivity index (χ1v) is 4.92. The van der Waals surface area contributed by atoms with Gasteiger partial charge in [-0.15, -0.1) is 0 Å². The van der Waals surface area contributed by atoms with Crippen LogP contribution in [0.4, 0.5) is 0 Å². The Kier molecular flexibility index (Phi) is 8.96. The Balaban J connectivity index is 0. The molecule has 1 aromatic carbocycles. The largest absolute Gasteiger partial charge is 1.00 e. The van der Waals surface area contributed by atoms with Crippen LogP contribution < -0.4 is 58.6 Å². The summed E-state index contributed by atoms with van der Waals surface area (Å²) in [5.41, 5.74) is -1.92. The zero-order chi connectivity index (χ0) is 12.3. The van der Waals surface area contributed by atoms with Crippen LogP contribution >= 0.6 is 0 Å². The average molecular weight is 250 g/mol. The maximum Gasteiger partial charge on any atom is 1.00 e. The van der Waals surface area contributed by atoms with Crippen molar-refractivity contribution in [3.63, 3.8) is 0 Å². The number of hydrogen-bond donors (Lipinski definition) is 0. The maximum absolute atomic E-state index is 11.2. The SMILES string of the molecule is CC(C)C(C(=O)[O-])(C(=O)[O-])c1ccccc1.[Li+].[Na+]. The van der Waals surface area contributed by atoms with E-state index in [1.54, 1.807) is 18.2 Å². The number of carbonyl (C=O) groups is 2. The topological polar surface area (TPSA) is 80.3 Å². The zero-order valence-electron chi connectivity index (χ0n) is 11.1. The summed E-state index contributed by atoms with van der Waals surface area (Å²) in [5.74, 6) is -3.95. The molecule has 1 aromatic rings. The zero-order valence-corrected chi connectivity index (χ0v) is 13.1. The summed E-state index contributed by atoms with van der Waals surface area (Å²) in [6.45, 7) is 3.02. The Morgan fingerprint density at radius 2 is 1.44 bits per heavy atom. The van der Waals surface area contributed by atoms with Crippen LogP contribution in [0.3, 0.4) is 0 Å². The smallest absolute Gasteiger partial charge is 0.549 e. The van der Waals surface area contributed by atoms with Gasteiger partial charge in [-0.3, -0.25) is 0 Å². The molecule has 0 amide bonds. The van der Waals surface area contributed by atoms with Crippen molar-refractivity contribution in [2.45, 2.75) is 19.3 Å². The predicted molar refractivity (Wildman–Crippen MR) is 53.0 cm³/mol. The van der Waals surface area contributed by atoms with E-state index < -0.39 is 23.3 Å². The Hall–Kier alpha value is -0.243. The van der Waals surface area contributed by atoms with Gasteiger partial charge in [0.25, 0.3) is 0 Å². The van der Waals surface area contributed by atoms with Gasteiger partial charge in [0.15, 0.2) is 0 Å². The van der Waals surface area contributed by atoms with Crippen molar-refractivity contribution in [1.29, 1.82) is 0 Å². The average Bonchev–Trinajstić information content (AvgIpc) is 2.18. The second kappa shape index (κ2) is 8.03. The van der Waals surface area contributed by atoms with Gasteiger partial charge in [-0.05, 0) is 11.5 Å². The quantitative estimate of drug-likeness (QED) is 0.393. The molecule has 0 saturated heterocycles. The van der Waals surface area contributed by atoms with E-state index in [9.17, 15) is 19.8 Å². The van der Waals surface area contributed by atoms with Gasteiger partial charge in [0.05, 0.1) is 17.4 Å². The van der Waals surface area contributed by atoms with Crippen LogP contribution in [0.25, 0.3) is 0 Å². The number of hydrogen-bond acceptors (Lipinski definition) is 4. The molecule has 1 rings (SSSR count). The molecule has 0 spiro atoms. The fourth-order valence-corrected chi connectivity index (χ4v) is 1.82. The molecule has 0 N–H and O–H groups in total. The summed E-state index contributed by atoms with van der Waals surface area (Å²) in [5, 5.41) is 22.3. The van der Waals surface area contributed by atoms with Crippen molar-refractivity contribution in [1.82, 2.24) is 0 Å². The van der Waals surface area contributed by atoms with E-state index in [1.807, 2.05) is 0 Å². The summed E-state index contributed by atoms with van der Waals surface area (Å²) in [6, 6.07) is 7.74. The van der Waals surface area contributed by atoms with E-state index in [0.29, 0.717) is 0 Å². The molecule has 0 aliphatic carbocycles. The Morgan fingerprint density at radius 1 is 1.06 bits per heavy atom. The second-order valence-electron chi connectivity index (χ2n) is 3.90. The normalized spacial score (nSPS) is 10.2. The number of rotatable bonds is 4. The minimum Gasteiger partial charge on any atom is -0.549 e. The second-order valence-corrected chi connectivity index (χ2v) is 3.90. The molecule has 0 atom stereocenters. The van der Waals surface area contributed by atoms with Gasteiger partial charge in [0, 0.05) is 0 Å². The van der Waals surface area contributed by atoms with Gasteiger partial charge in [0.1, 0.15) is 0 Å². The number of benzene rings is 1. The molecule has 0 aliphatic rings. The van der Waals surface area contributed by atoms with Gasteiger partial charge in [-0.2, -0.15) is 0 Å². The number of carboxylic acids is 2. The molecular weight excluding hydrogens is 238 g/mol. The summed E-state index contributed by atoms with van der Waals surface area (Å²) < 4.78 is 0. The molecule has 86 valence electrons. The first-order chi connectivity index (χ1) is 7.44. The van der Waals surface area contributed by atoms with E-state index in [2.05, 4.69) is 0 Å². The van der Waals surface area contributed by atoms with Gasteiger partial charge in [-0.25, -0.2) is 0 Å². The molecule has 0 bridgehead atoms.